The number of nitrogens with zero attached hydrogens (tertiary/aromatic N) is 1. The van der Waals surface area contributed by atoms with Gasteiger partial charge in [0.15, 0.2) is 0 Å². The Hall–Kier alpha value is -0.610. The normalized spacial score (nSPS) is 26.7. The maximum absolute atomic E-state index is 11.6. The number of hydrogen-bond donors (Lipinski definition) is 2. The zero-order valence-corrected chi connectivity index (χ0v) is 11.6. The number of nitrogens with one attached hydrogen (secondary N) is 1. The van der Waals surface area contributed by atoms with Crippen molar-refractivity contribution in [3.05, 3.63) is 0 Å². The molecule has 0 bridgehead atoms. The van der Waals surface area contributed by atoms with Crippen LogP contribution in [-0.2, 0) is 4.79 Å². The second-order valence-electron chi connectivity index (χ2n) is 5.51. The Kier molecular flexibility index (Phi) is 4.95. The Morgan fingerprint density at radius 2 is 2.29 bits per heavy atom. The molecule has 1 heterocycles. The summed E-state index contributed by atoms with van der Waals surface area (Å²) in [6.07, 6.45) is 3.30. The highest BCUT2D eigenvalue weighted by molar-refractivity contribution is 5.84. The first kappa shape index (κ1) is 14.5. The number of primary amides is 1. The molecule has 3 N–H and O–H groups in total. The molecule has 0 aromatic heterocycles. The van der Waals surface area contributed by atoms with Gasteiger partial charge in [-0.2, -0.15) is 0 Å². The molecule has 1 fully saturated rings. The first-order chi connectivity index (χ1) is 7.90. The summed E-state index contributed by atoms with van der Waals surface area (Å²) in [7, 11) is 0. The van der Waals surface area contributed by atoms with Crippen LogP contribution in [0, 0.1) is 0 Å². The van der Waals surface area contributed by atoms with Crippen LogP contribution in [0.25, 0.3) is 0 Å². The van der Waals surface area contributed by atoms with Crippen molar-refractivity contribution < 1.29 is 4.79 Å². The number of amides is 1. The minimum absolute atomic E-state index is 0.252. The molecular weight excluding hydrogens is 214 g/mol. The number of hydrogen-bond acceptors (Lipinski definition) is 3. The van der Waals surface area contributed by atoms with Crippen LogP contribution < -0.4 is 11.1 Å². The molecule has 0 aromatic carbocycles. The molecule has 0 aliphatic carbocycles. The molecule has 3 unspecified atom stereocenters. The highest BCUT2D eigenvalue weighted by Gasteiger charge is 2.35. The number of likely N-dealkylation sites (N-methyl/N-ethyl adjacent to an activating group) is 1. The lowest BCUT2D eigenvalue weighted by molar-refractivity contribution is -0.124. The van der Waals surface area contributed by atoms with E-state index in [0.717, 1.165) is 19.5 Å². The second kappa shape index (κ2) is 5.83. The Morgan fingerprint density at radius 3 is 2.71 bits per heavy atom. The molecule has 4 heteroatoms. The fraction of sp³-hybridized carbons (Fsp3) is 0.923. The van der Waals surface area contributed by atoms with Gasteiger partial charge in [-0.25, -0.2) is 0 Å². The quantitative estimate of drug-likeness (QED) is 0.732. The summed E-state index contributed by atoms with van der Waals surface area (Å²) in [4.78, 5) is 14.1. The molecule has 0 aromatic rings. The maximum atomic E-state index is 11.6. The van der Waals surface area contributed by atoms with E-state index >= 15 is 0 Å². The molecule has 1 amide bonds. The van der Waals surface area contributed by atoms with Crippen molar-refractivity contribution >= 4 is 5.91 Å². The Morgan fingerprint density at radius 1 is 1.65 bits per heavy atom. The van der Waals surface area contributed by atoms with E-state index < -0.39 is 5.54 Å². The van der Waals surface area contributed by atoms with Gasteiger partial charge in [-0.05, 0) is 53.1 Å². The topological polar surface area (TPSA) is 58.4 Å². The minimum Gasteiger partial charge on any atom is -0.368 e. The number of carbonyl (C=O) groups is 1. The van der Waals surface area contributed by atoms with Crippen LogP contribution in [0.2, 0.25) is 0 Å². The molecule has 0 spiro atoms. The summed E-state index contributed by atoms with van der Waals surface area (Å²) in [6.45, 7) is 10.3. The van der Waals surface area contributed by atoms with Crippen LogP contribution in [-0.4, -0.2) is 41.5 Å². The SMILES string of the molecule is CCNC(C)(CC(C)N1CCCC1C)C(N)=O. The van der Waals surface area contributed by atoms with Crippen LogP contribution >= 0.6 is 0 Å². The van der Waals surface area contributed by atoms with Crippen molar-refractivity contribution in [2.75, 3.05) is 13.1 Å². The first-order valence-electron chi connectivity index (χ1n) is 6.71. The van der Waals surface area contributed by atoms with E-state index in [9.17, 15) is 4.79 Å². The zero-order valence-electron chi connectivity index (χ0n) is 11.6. The highest BCUT2D eigenvalue weighted by Crippen LogP contribution is 2.24. The molecule has 3 atom stereocenters. The van der Waals surface area contributed by atoms with E-state index in [1.54, 1.807) is 0 Å². The lowest BCUT2D eigenvalue weighted by Gasteiger charge is -2.35. The third-order valence-electron chi connectivity index (χ3n) is 3.98. The van der Waals surface area contributed by atoms with Crippen molar-refractivity contribution in [1.29, 1.82) is 0 Å². The molecule has 0 saturated carbocycles. The number of carbonyl (C=O) groups excluding carboxylic acids is 1. The van der Waals surface area contributed by atoms with Gasteiger partial charge in [0.2, 0.25) is 5.91 Å². The van der Waals surface area contributed by atoms with E-state index in [0.29, 0.717) is 12.1 Å². The molecule has 1 saturated heterocycles. The van der Waals surface area contributed by atoms with Gasteiger partial charge in [-0.15, -0.1) is 0 Å². The van der Waals surface area contributed by atoms with Crippen molar-refractivity contribution in [3.63, 3.8) is 0 Å². The molecular formula is C13H27N3O. The minimum atomic E-state index is -0.587. The molecule has 100 valence electrons. The van der Waals surface area contributed by atoms with Gasteiger partial charge in [0.05, 0.1) is 5.54 Å². The van der Waals surface area contributed by atoms with Gasteiger partial charge in [-0.1, -0.05) is 6.92 Å². The van der Waals surface area contributed by atoms with Crippen molar-refractivity contribution in [3.8, 4) is 0 Å². The van der Waals surface area contributed by atoms with Crippen molar-refractivity contribution in [2.24, 2.45) is 5.73 Å². The standard InChI is InChI=1S/C13H27N3O/c1-5-15-13(4,12(14)17)9-11(3)16-8-6-7-10(16)2/h10-11,15H,5-9H2,1-4H3,(H2,14,17). The number of rotatable bonds is 6. The van der Waals surface area contributed by atoms with Crippen LogP contribution in [0.3, 0.4) is 0 Å². The lowest BCUT2D eigenvalue weighted by Crippen LogP contribution is -2.56. The average molecular weight is 241 g/mol. The first-order valence-corrected chi connectivity index (χ1v) is 6.71. The Labute approximate surface area is 105 Å². The molecule has 1 rings (SSSR count). The van der Waals surface area contributed by atoms with Crippen molar-refractivity contribution in [1.82, 2.24) is 10.2 Å². The summed E-state index contributed by atoms with van der Waals surface area (Å²) < 4.78 is 0. The monoisotopic (exact) mass is 241 g/mol. The molecule has 0 radical (unpaired) electrons. The zero-order chi connectivity index (χ0) is 13.1. The third-order valence-corrected chi connectivity index (χ3v) is 3.98. The van der Waals surface area contributed by atoms with Crippen LogP contribution in [0.5, 0.6) is 0 Å². The average Bonchev–Trinajstić information content (AvgIpc) is 2.64. The Balaban J connectivity index is 2.63. The van der Waals surface area contributed by atoms with E-state index in [1.165, 1.54) is 12.8 Å². The van der Waals surface area contributed by atoms with Gasteiger partial charge in [0.1, 0.15) is 0 Å². The predicted octanol–water partition coefficient (Wildman–Crippen LogP) is 1.10. The van der Waals surface area contributed by atoms with Crippen LogP contribution in [0.1, 0.15) is 47.0 Å². The van der Waals surface area contributed by atoms with Gasteiger partial charge >= 0.3 is 0 Å². The largest absolute Gasteiger partial charge is 0.368 e. The predicted molar refractivity (Wildman–Crippen MR) is 70.8 cm³/mol. The summed E-state index contributed by atoms with van der Waals surface area (Å²) in [5.74, 6) is -0.252. The molecule has 1 aliphatic rings. The maximum Gasteiger partial charge on any atom is 0.237 e. The van der Waals surface area contributed by atoms with Crippen LogP contribution in [0.15, 0.2) is 0 Å². The van der Waals surface area contributed by atoms with E-state index in [1.807, 2.05) is 13.8 Å². The summed E-state index contributed by atoms with van der Waals surface area (Å²) in [6, 6.07) is 1.02. The third kappa shape index (κ3) is 3.42. The van der Waals surface area contributed by atoms with E-state index in [-0.39, 0.29) is 5.91 Å². The second-order valence-corrected chi connectivity index (χ2v) is 5.51. The Bertz CT molecular complexity index is 269. The lowest BCUT2D eigenvalue weighted by atomic mass is 9.91. The smallest absolute Gasteiger partial charge is 0.237 e. The summed E-state index contributed by atoms with van der Waals surface area (Å²) in [5.41, 5.74) is 4.93. The van der Waals surface area contributed by atoms with Gasteiger partial charge in [0.25, 0.3) is 0 Å². The summed E-state index contributed by atoms with van der Waals surface area (Å²) in [5, 5.41) is 3.23. The van der Waals surface area contributed by atoms with E-state index in [2.05, 4.69) is 24.1 Å². The summed E-state index contributed by atoms with van der Waals surface area (Å²) >= 11 is 0. The van der Waals surface area contributed by atoms with Crippen molar-refractivity contribution in [2.45, 2.75) is 64.6 Å². The molecule has 17 heavy (non-hydrogen) atoms. The fourth-order valence-corrected chi connectivity index (χ4v) is 2.97. The number of likely N-dealkylation sites (tertiary alicyclic amines) is 1. The van der Waals surface area contributed by atoms with Gasteiger partial charge in [-0.3, -0.25) is 9.69 Å². The van der Waals surface area contributed by atoms with Gasteiger partial charge in [0, 0.05) is 12.1 Å². The molecule has 1 aliphatic heterocycles. The highest BCUT2D eigenvalue weighted by atomic mass is 16.1. The van der Waals surface area contributed by atoms with E-state index in [4.69, 9.17) is 5.73 Å². The molecule has 4 nitrogen and oxygen atoms in total. The van der Waals surface area contributed by atoms with Gasteiger partial charge < -0.3 is 11.1 Å². The number of nitrogens with two attached hydrogens (primary N) is 1. The fourth-order valence-electron chi connectivity index (χ4n) is 2.97. The van der Waals surface area contributed by atoms with Crippen LogP contribution in [0.4, 0.5) is 0 Å².